The van der Waals surface area contributed by atoms with Crippen LogP contribution in [0.1, 0.15) is 24.8 Å². The summed E-state index contributed by atoms with van der Waals surface area (Å²) in [4.78, 5) is 30.2. The molecule has 5 rings (SSSR count). The van der Waals surface area contributed by atoms with Crippen molar-refractivity contribution in [3.63, 3.8) is 0 Å². The maximum absolute atomic E-state index is 13.0. The Morgan fingerprint density at radius 1 is 1.10 bits per heavy atom. The number of nitro groups is 1. The Balaban J connectivity index is 1.29. The van der Waals surface area contributed by atoms with Crippen LogP contribution in [0.2, 0.25) is 0 Å². The van der Waals surface area contributed by atoms with Gasteiger partial charge in [-0.1, -0.05) is 18.6 Å². The number of rotatable bonds is 9. The lowest BCUT2D eigenvalue weighted by Crippen LogP contribution is -2.33. The van der Waals surface area contributed by atoms with Crippen LogP contribution in [-0.4, -0.2) is 56.9 Å². The third kappa shape index (κ3) is 6.26. The van der Waals surface area contributed by atoms with Gasteiger partial charge in [-0.05, 0) is 74.0 Å². The number of piperidine rings is 1. The summed E-state index contributed by atoms with van der Waals surface area (Å²) < 4.78 is 19.6. The molecule has 10 nitrogen and oxygen atoms in total. The minimum absolute atomic E-state index is 0.103. The molecule has 2 heterocycles. The van der Waals surface area contributed by atoms with Crippen LogP contribution in [0.5, 0.6) is 5.75 Å². The Morgan fingerprint density at radius 2 is 1.82 bits per heavy atom. The highest BCUT2D eigenvalue weighted by Crippen LogP contribution is 2.34. The number of hydrogen-bond acceptors (Lipinski definition) is 7. The summed E-state index contributed by atoms with van der Waals surface area (Å²) in [6, 6.07) is 15.1. The van der Waals surface area contributed by atoms with Crippen molar-refractivity contribution in [3.8, 4) is 17.1 Å². The van der Waals surface area contributed by atoms with Gasteiger partial charge in [-0.15, -0.1) is 0 Å². The number of nitrogens with one attached hydrogen (secondary N) is 1. The molecular formula is C29H28FN5O5. The maximum Gasteiger partial charge on any atom is 0.313 e. The predicted molar refractivity (Wildman–Crippen MR) is 149 cm³/mol. The molecular weight excluding hydrogens is 517 g/mol. The zero-order valence-electron chi connectivity index (χ0n) is 21.6. The first-order valence-corrected chi connectivity index (χ1v) is 13.0. The van der Waals surface area contributed by atoms with E-state index in [1.54, 1.807) is 42.5 Å². The summed E-state index contributed by atoms with van der Waals surface area (Å²) in [5.41, 5.74) is 2.00. The number of halogens is 1. The summed E-state index contributed by atoms with van der Waals surface area (Å²) in [6.45, 7) is 2.99. The van der Waals surface area contributed by atoms with Crippen molar-refractivity contribution in [2.45, 2.75) is 19.3 Å². The SMILES string of the molecule is O=C(/C=C/c1ccc(F)cc1)Nc1ccc(-c2nc3cc(OCCN4CCCCC4)c([N+](=O)[O-])cc3n2O)cc1. The molecule has 0 aliphatic carbocycles. The number of imidazole rings is 1. The van der Waals surface area contributed by atoms with Crippen LogP contribution in [0.4, 0.5) is 15.8 Å². The Morgan fingerprint density at radius 3 is 2.52 bits per heavy atom. The van der Waals surface area contributed by atoms with Gasteiger partial charge in [0.2, 0.25) is 5.91 Å². The molecule has 1 aliphatic rings. The Kier molecular flexibility index (Phi) is 8.02. The smallest absolute Gasteiger partial charge is 0.313 e. The first kappa shape index (κ1) is 26.8. The van der Waals surface area contributed by atoms with Gasteiger partial charge < -0.3 is 15.3 Å². The number of carbonyl (C=O) groups excluding carboxylic acids is 1. The van der Waals surface area contributed by atoms with Crippen molar-refractivity contribution in [2.24, 2.45) is 0 Å². The minimum atomic E-state index is -0.537. The van der Waals surface area contributed by atoms with Crippen molar-refractivity contribution in [3.05, 3.63) is 88.2 Å². The van der Waals surface area contributed by atoms with E-state index in [9.17, 15) is 24.5 Å². The molecule has 0 spiro atoms. The summed E-state index contributed by atoms with van der Waals surface area (Å²) >= 11 is 0. The number of anilines is 1. The fraction of sp³-hybridized carbons (Fsp3) is 0.241. The summed E-state index contributed by atoms with van der Waals surface area (Å²) in [5.74, 6) is -0.435. The van der Waals surface area contributed by atoms with Crippen LogP contribution in [0.3, 0.4) is 0 Å². The van der Waals surface area contributed by atoms with Crippen LogP contribution in [0.25, 0.3) is 28.5 Å². The molecule has 0 atom stereocenters. The second kappa shape index (κ2) is 12.0. The lowest BCUT2D eigenvalue weighted by atomic mass is 10.1. The van der Waals surface area contributed by atoms with Gasteiger partial charge >= 0.3 is 5.69 Å². The van der Waals surface area contributed by atoms with E-state index in [1.165, 1.54) is 36.8 Å². The third-order valence-electron chi connectivity index (χ3n) is 6.73. The molecule has 1 amide bonds. The van der Waals surface area contributed by atoms with E-state index in [2.05, 4.69) is 15.2 Å². The molecule has 0 radical (unpaired) electrons. The Bertz CT molecular complexity index is 1540. The number of aromatic nitrogens is 2. The molecule has 0 bridgehead atoms. The van der Waals surface area contributed by atoms with E-state index in [0.29, 0.717) is 35.5 Å². The van der Waals surface area contributed by atoms with Gasteiger partial charge in [-0.25, -0.2) is 9.37 Å². The zero-order valence-corrected chi connectivity index (χ0v) is 21.6. The highest BCUT2D eigenvalue weighted by atomic mass is 19.1. The predicted octanol–water partition coefficient (Wildman–Crippen LogP) is 5.50. The molecule has 1 fully saturated rings. The largest absolute Gasteiger partial charge is 0.485 e. The van der Waals surface area contributed by atoms with E-state index >= 15 is 0 Å². The van der Waals surface area contributed by atoms with Crippen molar-refractivity contribution in [1.29, 1.82) is 0 Å². The second-order valence-electron chi connectivity index (χ2n) is 9.52. The quantitative estimate of drug-likeness (QED) is 0.123. The number of fused-ring (bicyclic) bond motifs is 1. The summed E-state index contributed by atoms with van der Waals surface area (Å²) in [6.07, 6.45) is 6.42. The monoisotopic (exact) mass is 545 g/mol. The molecule has 1 saturated heterocycles. The molecule has 1 aromatic heterocycles. The van der Waals surface area contributed by atoms with Gasteiger partial charge in [0.15, 0.2) is 11.6 Å². The van der Waals surface area contributed by atoms with Crippen molar-refractivity contribution in [2.75, 3.05) is 31.6 Å². The van der Waals surface area contributed by atoms with Gasteiger partial charge in [0.05, 0.1) is 10.4 Å². The number of amides is 1. The fourth-order valence-corrected chi connectivity index (χ4v) is 4.63. The summed E-state index contributed by atoms with van der Waals surface area (Å²) in [7, 11) is 0. The first-order valence-electron chi connectivity index (χ1n) is 13.0. The Hall–Kier alpha value is -4.77. The minimum Gasteiger partial charge on any atom is -0.485 e. The lowest BCUT2D eigenvalue weighted by Gasteiger charge is -2.26. The normalized spacial score (nSPS) is 14.0. The van der Waals surface area contributed by atoms with E-state index in [-0.39, 0.29) is 34.5 Å². The number of carbonyl (C=O) groups is 1. The van der Waals surface area contributed by atoms with E-state index in [1.807, 2.05) is 0 Å². The number of benzene rings is 3. The lowest BCUT2D eigenvalue weighted by molar-refractivity contribution is -0.385. The van der Waals surface area contributed by atoms with Crippen LogP contribution in [0, 0.1) is 15.9 Å². The Labute approximate surface area is 229 Å². The van der Waals surface area contributed by atoms with Gasteiger partial charge in [0.1, 0.15) is 17.9 Å². The zero-order chi connectivity index (χ0) is 28.1. The average Bonchev–Trinajstić information content (AvgIpc) is 3.28. The van der Waals surface area contributed by atoms with Crippen molar-refractivity contribution < 1.29 is 24.1 Å². The first-order chi connectivity index (χ1) is 19.4. The van der Waals surface area contributed by atoms with Gasteiger partial charge in [-0.2, -0.15) is 4.73 Å². The summed E-state index contributed by atoms with van der Waals surface area (Å²) in [5, 5.41) is 25.2. The van der Waals surface area contributed by atoms with Gasteiger partial charge in [0, 0.05) is 36.0 Å². The molecule has 0 unspecified atom stereocenters. The van der Waals surface area contributed by atoms with E-state index in [0.717, 1.165) is 30.7 Å². The van der Waals surface area contributed by atoms with Crippen LogP contribution < -0.4 is 10.1 Å². The highest BCUT2D eigenvalue weighted by Gasteiger charge is 2.22. The van der Waals surface area contributed by atoms with Gasteiger partial charge in [0.25, 0.3) is 0 Å². The number of hydrogen-bond donors (Lipinski definition) is 2. The van der Waals surface area contributed by atoms with Crippen molar-refractivity contribution >= 4 is 34.4 Å². The second-order valence-corrected chi connectivity index (χ2v) is 9.52. The van der Waals surface area contributed by atoms with Crippen LogP contribution >= 0.6 is 0 Å². The van der Waals surface area contributed by atoms with Crippen LogP contribution in [0.15, 0.2) is 66.7 Å². The van der Waals surface area contributed by atoms with Gasteiger partial charge in [-0.3, -0.25) is 19.8 Å². The van der Waals surface area contributed by atoms with E-state index in [4.69, 9.17) is 4.74 Å². The number of likely N-dealkylation sites (tertiary alicyclic amines) is 1. The molecule has 11 heteroatoms. The molecule has 3 aromatic carbocycles. The molecule has 2 N–H and O–H groups in total. The molecule has 1 aliphatic heterocycles. The number of nitrogens with zero attached hydrogens (tertiary/aromatic N) is 4. The fourth-order valence-electron chi connectivity index (χ4n) is 4.63. The molecule has 40 heavy (non-hydrogen) atoms. The van der Waals surface area contributed by atoms with Crippen molar-refractivity contribution in [1.82, 2.24) is 14.6 Å². The molecule has 4 aromatic rings. The molecule has 206 valence electrons. The third-order valence-corrected chi connectivity index (χ3v) is 6.73. The topological polar surface area (TPSA) is 123 Å². The number of ether oxygens (including phenoxy) is 1. The van der Waals surface area contributed by atoms with Crippen LogP contribution in [-0.2, 0) is 4.79 Å². The van der Waals surface area contributed by atoms with E-state index < -0.39 is 4.92 Å². The highest BCUT2D eigenvalue weighted by molar-refractivity contribution is 6.02. The maximum atomic E-state index is 13.0. The average molecular weight is 546 g/mol. The standard InChI is InChI=1S/C29H28FN5O5/c30-22-9-4-20(5-10-22)6-13-28(36)31-23-11-7-21(8-12-23)29-32-24-18-27(26(35(38)39)19-25(24)34(29)37)40-17-16-33-14-2-1-3-15-33/h4-13,18-19,37H,1-3,14-17H2,(H,31,36)/b13-6+. The number of nitro benzene ring substituents is 1. The molecule has 0 saturated carbocycles.